The van der Waals surface area contributed by atoms with Gasteiger partial charge in [0.1, 0.15) is 0 Å². The summed E-state index contributed by atoms with van der Waals surface area (Å²) in [5, 5.41) is 1.48. The Kier molecular flexibility index (Phi) is 4.44. The summed E-state index contributed by atoms with van der Waals surface area (Å²) in [7, 11) is 0. The van der Waals surface area contributed by atoms with Crippen LogP contribution < -0.4 is 5.56 Å². The fraction of sp³-hybridized carbons (Fsp3) is 0.316. The second-order valence-electron chi connectivity index (χ2n) is 6.36. The average molecular weight is 359 g/mol. The van der Waals surface area contributed by atoms with E-state index in [1.165, 1.54) is 5.56 Å². The molecule has 1 aromatic heterocycles. The fourth-order valence-electron chi connectivity index (χ4n) is 3.41. The summed E-state index contributed by atoms with van der Waals surface area (Å²) in [4.78, 5) is 15.1. The van der Waals surface area contributed by atoms with Crippen molar-refractivity contribution in [3.63, 3.8) is 0 Å². The zero-order chi connectivity index (χ0) is 16.5. The third-order valence-corrected chi connectivity index (χ3v) is 6.14. The third-order valence-electron chi connectivity index (χ3n) is 4.71. The lowest BCUT2D eigenvalue weighted by molar-refractivity contribution is 0.183. The van der Waals surface area contributed by atoms with E-state index < -0.39 is 0 Å². The van der Waals surface area contributed by atoms with E-state index in [2.05, 4.69) is 35.2 Å². The van der Waals surface area contributed by atoms with Crippen molar-refractivity contribution in [2.75, 3.05) is 13.1 Å². The van der Waals surface area contributed by atoms with Gasteiger partial charge >= 0.3 is 0 Å². The molecule has 3 aromatic rings. The molecule has 3 nitrogen and oxygen atoms in total. The van der Waals surface area contributed by atoms with Gasteiger partial charge in [0, 0.05) is 24.7 Å². The van der Waals surface area contributed by atoms with Crippen molar-refractivity contribution in [3.05, 3.63) is 69.5 Å². The number of rotatable bonds is 3. The average Bonchev–Trinajstić information content (AvgIpc) is 2.92. The van der Waals surface area contributed by atoms with Crippen LogP contribution >= 0.6 is 23.1 Å². The van der Waals surface area contributed by atoms with E-state index in [9.17, 15) is 4.79 Å². The molecule has 24 heavy (non-hydrogen) atoms. The van der Waals surface area contributed by atoms with Crippen LogP contribution in [0, 0.1) is 0 Å². The summed E-state index contributed by atoms with van der Waals surface area (Å²) in [6.07, 6.45) is 2.04. The summed E-state index contributed by atoms with van der Waals surface area (Å²) < 4.78 is 2.94. The van der Waals surface area contributed by atoms with E-state index in [1.807, 2.05) is 16.1 Å². The summed E-state index contributed by atoms with van der Waals surface area (Å²) in [5.74, 6) is 0. The number of aromatic nitrogens is 1. The molecule has 0 N–H and O–H groups in total. The molecule has 2 heterocycles. The van der Waals surface area contributed by atoms with E-state index >= 15 is 0 Å². The quantitative estimate of drug-likeness (QED) is 0.686. The number of hydrogen-bond donors (Lipinski definition) is 0. The minimum atomic E-state index is 0.133. The van der Waals surface area contributed by atoms with Gasteiger partial charge in [-0.15, -0.1) is 0 Å². The van der Waals surface area contributed by atoms with Gasteiger partial charge in [-0.25, -0.2) is 0 Å². The van der Waals surface area contributed by atoms with Gasteiger partial charge in [-0.3, -0.25) is 13.7 Å². The van der Waals surface area contributed by atoms with Crippen molar-refractivity contribution >= 4 is 33.2 Å². The van der Waals surface area contributed by atoms with Crippen LogP contribution in [-0.2, 0) is 6.54 Å². The minimum Gasteiger partial charge on any atom is -0.299 e. The molecule has 4 rings (SSSR count). The number of nitrogens with zero attached hydrogens (tertiary/aromatic N) is 2. The highest BCUT2D eigenvalue weighted by atomic mass is 35.5. The van der Waals surface area contributed by atoms with Gasteiger partial charge in [0.15, 0.2) is 0 Å². The zero-order valence-electron chi connectivity index (χ0n) is 13.3. The van der Waals surface area contributed by atoms with Crippen molar-refractivity contribution in [1.29, 1.82) is 0 Å². The molecule has 0 atom stereocenters. The third kappa shape index (κ3) is 3.14. The highest BCUT2D eigenvalue weighted by Crippen LogP contribution is 2.28. The van der Waals surface area contributed by atoms with Gasteiger partial charge in [-0.2, -0.15) is 0 Å². The van der Waals surface area contributed by atoms with Gasteiger partial charge in [0.25, 0.3) is 5.56 Å². The van der Waals surface area contributed by atoms with Crippen molar-refractivity contribution in [3.8, 4) is 0 Å². The van der Waals surface area contributed by atoms with Crippen LogP contribution in [-0.4, -0.2) is 21.9 Å². The Morgan fingerprint density at radius 2 is 1.83 bits per heavy atom. The Hall–Kier alpha value is -1.62. The zero-order valence-corrected chi connectivity index (χ0v) is 14.9. The van der Waals surface area contributed by atoms with Crippen LogP contribution in [0.5, 0.6) is 0 Å². The van der Waals surface area contributed by atoms with Crippen molar-refractivity contribution in [2.45, 2.75) is 25.4 Å². The molecule has 0 unspecified atom stereocenters. The second kappa shape index (κ2) is 6.71. The molecule has 1 saturated heterocycles. The molecule has 1 aliphatic heterocycles. The highest BCUT2D eigenvalue weighted by Gasteiger charge is 2.23. The largest absolute Gasteiger partial charge is 0.299 e. The molecule has 0 spiro atoms. The molecule has 1 fully saturated rings. The van der Waals surface area contributed by atoms with Crippen LogP contribution in [0.1, 0.15) is 24.4 Å². The minimum absolute atomic E-state index is 0.133. The Labute approximate surface area is 150 Å². The van der Waals surface area contributed by atoms with Gasteiger partial charge < -0.3 is 0 Å². The van der Waals surface area contributed by atoms with Gasteiger partial charge in [0.05, 0.1) is 16.1 Å². The van der Waals surface area contributed by atoms with Gasteiger partial charge in [0.2, 0.25) is 0 Å². The lowest BCUT2D eigenvalue weighted by Crippen LogP contribution is -2.35. The maximum Gasteiger partial charge on any atom is 0.268 e. The first kappa shape index (κ1) is 15.9. The number of halogens is 1. The maximum atomic E-state index is 12.6. The predicted molar refractivity (Wildman–Crippen MR) is 101 cm³/mol. The first-order valence-electron chi connectivity index (χ1n) is 8.28. The molecule has 124 valence electrons. The molecule has 0 amide bonds. The van der Waals surface area contributed by atoms with E-state index in [4.69, 9.17) is 11.6 Å². The van der Waals surface area contributed by atoms with E-state index in [0.29, 0.717) is 11.1 Å². The lowest BCUT2D eigenvalue weighted by atomic mass is 10.0. The molecule has 0 radical (unpaired) electrons. The standard InChI is InChI=1S/C19H19ClN2OS/c20-15-6-7-17-18(12-15)24-22(19(17)23)16-8-10-21(11-9-16)13-14-4-2-1-3-5-14/h1-7,12,16H,8-11,13H2. The van der Waals surface area contributed by atoms with E-state index in [1.54, 1.807) is 17.6 Å². The molecular formula is C19H19ClN2OS. The predicted octanol–water partition coefficient (Wildman–Crippen LogP) is 4.55. The first-order chi connectivity index (χ1) is 11.7. The topological polar surface area (TPSA) is 25.2 Å². The summed E-state index contributed by atoms with van der Waals surface area (Å²) in [6.45, 7) is 3.05. The molecule has 0 bridgehead atoms. The smallest absolute Gasteiger partial charge is 0.268 e. The molecule has 1 aliphatic rings. The SMILES string of the molecule is O=c1c2ccc(Cl)cc2sn1C1CCN(Cc2ccccc2)CC1. The normalized spacial score (nSPS) is 16.7. The summed E-state index contributed by atoms with van der Waals surface area (Å²) in [5.41, 5.74) is 1.48. The monoisotopic (exact) mass is 358 g/mol. The van der Waals surface area contributed by atoms with Crippen LogP contribution in [0.15, 0.2) is 53.3 Å². The molecule has 0 saturated carbocycles. The fourth-order valence-corrected chi connectivity index (χ4v) is 4.83. The Morgan fingerprint density at radius 1 is 1.08 bits per heavy atom. The van der Waals surface area contributed by atoms with Crippen LogP contribution in [0.3, 0.4) is 0 Å². The van der Waals surface area contributed by atoms with Crippen LogP contribution in [0.4, 0.5) is 0 Å². The first-order valence-corrected chi connectivity index (χ1v) is 9.43. The number of hydrogen-bond acceptors (Lipinski definition) is 3. The van der Waals surface area contributed by atoms with E-state index in [0.717, 1.165) is 42.6 Å². The van der Waals surface area contributed by atoms with Crippen molar-refractivity contribution < 1.29 is 0 Å². The Bertz CT molecular complexity index is 895. The summed E-state index contributed by atoms with van der Waals surface area (Å²) in [6, 6.07) is 16.4. The summed E-state index contributed by atoms with van der Waals surface area (Å²) >= 11 is 7.60. The van der Waals surface area contributed by atoms with Crippen molar-refractivity contribution in [2.24, 2.45) is 0 Å². The Morgan fingerprint density at radius 3 is 2.58 bits per heavy atom. The highest BCUT2D eigenvalue weighted by molar-refractivity contribution is 7.13. The number of likely N-dealkylation sites (tertiary alicyclic amines) is 1. The molecule has 2 aromatic carbocycles. The van der Waals surface area contributed by atoms with Gasteiger partial charge in [-0.1, -0.05) is 53.5 Å². The van der Waals surface area contributed by atoms with Gasteiger partial charge in [-0.05, 0) is 36.6 Å². The maximum absolute atomic E-state index is 12.6. The molecular weight excluding hydrogens is 340 g/mol. The Balaban J connectivity index is 1.48. The molecule has 0 aliphatic carbocycles. The van der Waals surface area contributed by atoms with Crippen molar-refractivity contribution in [1.82, 2.24) is 8.86 Å². The number of benzene rings is 2. The lowest BCUT2D eigenvalue weighted by Gasteiger charge is -2.31. The number of fused-ring (bicyclic) bond motifs is 1. The number of piperidine rings is 1. The molecule has 5 heteroatoms. The second-order valence-corrected chi connectivity index (χ2v) is 7.81. The van der Waals surface area contributed by atoms with Crippen LogP contribution in [0.2, 0.25) is 5.02 Å². The van der Waals surface area contributed by atoms with E-state index in [-0.39, 0.29) is 5.56 Å². The van der Waals surface area contributed by atoms with Crippen LogP contribution in [0.25, 0.3) is 10.1 Å².